The Bertz CT molecular complexity index is 686. The van der Waals surface area contributed by atoms with Crippen molar-refractivity contribution in [3.63, 3.8) is 0 Å². The van der Waals surface area contributed by atoms with Gasteiger partial charge in [-0.3, -0.25) is 0 Å². The molecule has 0 aliphatic rings. The van der Waals surface area contributed by atoms with Gasteiger partial charge in [0, 0.05) is 12.2 Å². The quantitative estimate of drug-likeness (QED) is 0.754. The number of hydrogen-bond acceptors (Lipinski definition) is 2. The van der Waals surface area contributed by atoms with Crippen LogP contribution < -0.4 is 5.32 Å². The number of fused-ring (bicyclic) bond motifs is 1. The van der Waals surface area contributed by atoms with Crippen molar-refractivity contribution in [2.45, 2.75) is 26.4 Å². The van der Waals surface area contributed by atoms with E-state index in [0.29, 0.717) is 0 Å². The number of anilines is 1. The van der Waals surface area contributed by atoms with Gasteiger partial charge >= 0.3 is 0 Å². The minimum absolute atomic E-state index is 0.749. The summed E-state index contributed by atoms with van der Waals surface area (Å²) in [5.74, 6) is 1.09. The van der Waals surface area contributed by atoms with Crippen molar-refractivity contribution in [3.8, 4) is 0 Å². The first-order valence-electron chi connectivity index (χ1n) is 7.11. The van der Waals surface area contributed by atoms with Crippen LogP contribution in [0.3, 0.4) is 0 Å². The van der Waals surface area contributed by atoms with E-state index < -0.39 is 0 Å². The highest BCUT2D eigenvalue weighted by Gasteiger charge is 2.09. The summed E-state index contributed by atoms with van der Waals surface area (Å²) in [5, 5.41) is 3.44. The van der Waals surface area contributed by atoms with Crippen LogP contribution in [0.25, 0.3) is 11.0 Å². The largest absolute Gasteiger partial charge is 0.378 e. The topological polar surface area (TPSA) is 29.9 Å². The molecule has 2 aromatic carbocycles. The number of hydrogen-bond donors (Lipinski definition) is 1. The highest BCUT2D eigenvalue weighted by molar-refractivity contribution is 5.76. The number of nitrogens with zero attached hydrogens (tertiary/aromatic N) is 2. The molecule has 0 aliphatic heterocycles. The van der Waals surface area contributed by atoms with Gasteiger partial charge in [0.1, 0.15) is 5.82 Å². The summed E-state index contributed by atoms with van der Waals surface area (Å²) in [5.41, 5.74) is 3.42. The van der Waals surface area contributed by atoms with E-state index in [0.717, 1.165) is 36.5 Å². The maximum absolute atomic E-state index is 4.75. The molecule has 1 N–H and O–H groups in total. The zero-order valence-corrected chi connectivity index (χ0v) is 11.7. The fourth-order valence-electron chi connectivity index (χ4n) is 2.47. The van der Waals surface area contributed by atoms with Crippen molar-refractivity contribution < 1.29 is 0 Å². The molecule has 3 nitrogen and oxygen atoms in total. The van der Waals surface area contributed by atoms with Crippen LogP contribution in [0.4, 0.5) is 5.69 Å². The number of nitrogens with one attached hydrogen (secondary N) is 1. The Kier molecular flexibility index (Phi) is 3.68. The molecule has 0 saturated carbocycles. The Balaban J connectivity index is 1.88. The monoisotopic (exact) mass is 265 g/mol. The SMILES string of the molecule is CCCn1c(CNc2ccccc2)nc2ccccc21. The van der Waals surface area contributed by atoms with E-state index in [9.17, 15) is 0 Å². The summed E-state index contributed by atoms with van der Waals surface area (Å²) >= 11 is 0. The smallest absolute Gasteiger partial charge is 0.129 e. The van der Waals surface area contributed by atoms with Crippen LogP contribution in [-0.2, 0) is 13.1 Å². The standard InChI is InChI=1S/C17H19N3/c1-2-12-20-16-11-7-6-10-15(16)19-17(20)13-18-14-8-4-3-5-9-14/h3-11,18H,2,12-13H2,1H3. The maximum Gasteiger partial charge on any atom is 0.129 e. The lowest BCUT2D eigenvalue weighted by atomic mass is 10.3. The third-order valence-corrected chi connectivity index (χ3v) is 3.41. The normalized spacial score (nSPS) is 10.8. The van der Waals surface area contributed by atoms with Gasteiger partial charge in [-0.15, -0.1) is 0 Å². The predicted molar refractivity (Wildman–Crippen MR) is 83.8 cm³/mol. The molecule has 1 heterocycles. The Hall–Kier alpha value is -2.29. The Labute approximate surface area is 119 Å². The lowest BCUT2D eigenvalue weighted by molar-refractivity contribution is 0.661. The molecule has 3 rings (SSSR count). The van der Waals surface area contributed by atoms with Crippen molar-refractivity contribution in [3.05, 3.63) is 60.4 Å². The number of aromatic nitrogens is 2. The fourth-order valence-corrected chi connectivity index (χ4v) is 2.47. The molecule has 0 atom stereocenters. The van der Waals surface area contributed by atoms with E-state index in [-0.39, 0.29) is 0 Å². The van der Waals surface area contributed by atoms with Gasteiger partial charge in [-0.25, -0.2) is 4.98 Å². The van der Waals surface area contributed by atoms with Gasteiger partial charge in [-0.2, -0.15) is 0 Å². The van der Waals surface area contributed by atoms with E-state index >= 15 is 0 Å². The predicted octanol–water partition coefficient (Wildman–Crippen LogP) is 4.06. The zero-order valence-electron chi connectivity index (χ0n) is 11.7. The first kappa shape index (κ1) is 12.7. The molecule has 0 unspecified atom stereocenters. The van der Waals surface area contributed by atoms with Crippen LogP contribution in [0.15, 0.2) is 54.6 Å². The van der Waals surface area contributed by atoms with Gasteiger partial charge in [0.05, 0.1) is 17.6 Å². The summed E-state index contributed by atoms with van der Waals surface area (Å²) < 4.78 is 2.31. The summed E-state index contributed by atoms with van der Waals surface area (Å²) in [6.07, 6.45) is 1.11. The second-order valence-corrected chi connectivity index (χ2v) is 4.89. The number of para-hydroxylation sites is 3. The molecule has 0 fully saturated rings. The minimum Gasteiger partial charge on any atom is -0.378 e. The van der Waals surface area contributed by atoms with Crippen LogP contribution in [0.1, 0.15) is 19.2 Å². The molecule has 1 aromatic heterocycles. The average molecular weight is 265 g/mol. The van der Waals surface area contributed by atoms with Gasteiger partial charge in [-0.1, -0.05) is 37.3 Å². The number of rotatable bonds is 5. The third kappa shape index (κ3) is 2.52. The van der Waals surface area contributed by atoms with E-state index in [2.05, 4.69) is 47.1 Å². The van der Waals surface area contributed by atoms with E-state index in [4.69, 9.17) is 4.98 Å². The molecule has 0 aliphatic carbocycles. The second-order valence-electron chi connectivity index (χ2n) is 4.89. The van der Waals surface area contributed by atoms with Crippen LogP contribution in [0.2, 0.25) is 0 Å². The maximum atomic E-state index is 4.75. The molecule has 102 valence electrons. The highest BCUT2D eigenvalue weighted by atomic mass is 15.1. The summed E-state index contributed by atoms with van der Waals surface area (Å²) in [6.45, 7) is 3.95. The Morgan fingerprint density at radius 3 is 2.55 bits per heavy atom. The lowest BCUT2D eigenvalue weighted by Gasteiger charge is -2.09. The second kappa shape index (κ2) is 5.78. The zero-order chi connectivity index (χ0) is 13.8. The summed E-state index contributed by atoms with van der Waals surface area (Å²) in [4.78, 5) is 4.75. The van der Waals surface area contributed by atoms with Gasteiger partial charge in [0.15, 0.2) is 0 Å². The number of aryl methyl sites for hydroxylation is 1. The first-order valence-corrected chi connectivity index (χ1v) is 7.11. The molecule has 0 spiro atoms. The Morgan fingerprint density at radius 2 is 1.75 bits per heavy atom. The summed E-state index contributed by atoms with van der Waals surface area (Å²) in [6, 6.07) is 18.6. The third-order valence-electron chi connectivity index (χ3n) is 3.41. The van der Waals surface area contributed by atoms with E-state index in [1.807, 2.05) is 24.3 Å². The molecule has 0 radical (unpaired) electrons. The number of imidazole rings is 1. The number of benzene rings is 2. The van der Waals surface area contributed by atoms with Crippen molar-refractivity contribution in [2.75, 3.05) is 5.32 Å². The molecule has 0 saturated heterocycles. The molecule has 20 heavy (non-hydrogen) atoms. The van der Waals surface area contributed by atoms with Crippen molar-refractivity contribution in [1.29, 1.82) is 0 Å². The Morgan fingerprint density at radius 1 is 1.00 bits per heavy atom. The van der Waals surface area contributed by atoms with Crippen molar-refractivity contribution >= 4 is 16.7 Å². The molecule has 0 bridgehead atoms. The van der Waals surface area contributed by atoms with Gasteiger partial charge in [-0.05, 0) is 30.7 Å². The molecule has 3 aromatic rings. The first-order chi connectivity index (χ1) is 9.88. The lowest BCUT2D eigenvalue weighted by Crippen LogP contribution is -2.08. The minimum atomic E-state index is 0.749. The molecule has 0 amide bonds. The molecular weight excluding hydrogens is 246 g/mol. The average Bonchev–Trinajstić information content (AvgIpc) is 2.85. The van der Waals surface area contributed by atoms with Crippen LogP contribution in [-0.4, -0.2) is 9.55 Å². The fraction of sp³-hybridized carbons (Fsp3) is 0.235. The molecule has 3 heteroatoms. The van der Waals surface area contributed by atoms with Gasteiger partial charge in [0.2, 0.25) is 0 Å². The summed E-state index contributed by atoms with van der Waals surface area (Å²) in [7, 11) is 0. The van der Waals surface area contributed by atoms with Gasteiger partial charge < -0.3 is 9.88 Å². The van der Waals surface area contributed by atoms with E-state index in [1.54, 1.807) is 0 Å². The highest BCUT2D eigenvalue weighted by Crippen LogP contribution is 2.17. The van der Waals surface area contributed by atoms with E-state index in [1.165, 1.54) is 5.52 Å². The van der Waals surface area contributed by atoms with Crippen molar-refractivity contribution in [2.24, 2.45) is 0 Å². The molecular formula is C17H19N3. The van der Waals surface area contributed by atoms with Crippen LogP contribution in [0, 0.1) is 0 Å². The van der Waals surface area contributed by atoms with Gasteiger partial charge in [0.25, 0.3) is 0 Å². The van der Waals surface area contributed by atoms with Crippen LogP contribution >= 0.6 is 0 Å². The van der Waals surface area contributed by atoms with Crippen LogP contribution in [0.5, 0.6) is 0 Å². The van der Waals surface area contributed by atoms with Crippen molar-refractivity contribution in [1.82, 2.24) is 9.55 Å².